The zero-order valence-corrected chi connectivity index (χ0v) is 9.10. The van der Waals surface area contributed by atoms with Crippen LogP contribution in [0.1, 0.15) is 5.56 Å². The summed E-state index contributed by atoms with van der Waals surface area (Å²) in [6, 6.07) is 5.53. The number of isocyanates is 1. The van der Waals surface area contributed by atoms with E-state index in [2.05, 4.69) is 20.9 Å². The Balaban J connectivity index is 2.75. The molecule has 1 aromatic carbocycles. The highest BCUT2D eigenvalue weighted by atomic mass is 79.9. The van der Waals surface area contributed by atoms with E-state index in [4.69, 9.17) is 11.6 Å². The maximum Gasteiger partial charge on any atom is 0.234 e. The van der Waals surface area contributed by atoms with Crippen LogP contribution in [0.3, 0.4) is 0 Å². The molecule has 68 valence electrons. The standard InChI is InChI=1S/C9H7BrClNO/c10-9-2-1-8(11)5-7(9)3-4-12-6-13/h1-2,5H,3-4H2. The van der Waals surface area contributed by atoms with Crippen LogP contribution in [0.25, 0.3) is 0 Å². The van der Waals surface area contributed by atoms with Gasteiger partial charge in [-0.3, -0.25) is 0 Å². The number of halogens is 2. The van der Waals surface area contributed by atoms with Crippen molar-refractivity contribution in [1.82, 2.24) is 0 Å². The van der Waals surface area contributed by atoms with Gasteiger partial charge in [0, 0.05) is 9.50 Å². The lowest BCUT2D eigenvalue weighted by Gasteiger charge is -2.01. The number of benzene rings is 1. The molecular weight excluding hydrogens is 253 g/mol. The molecule has 0 fully saturated rings. The second-order valence-electron chi connectivity index (χ2n) is 2.46. The van der Waals surface area contributed by atoms with E-state index >= 15 is 0 Å². The Kier molecular flexibility index (Phi) is 4.16. The second-order valence-corrected chi connectivity index (χ2v) is 3.75. The minimum absolute atomic E-state index is 0.447. The molecule has 0 spiro atoms. The van der Waals surface area contributed by atoms with E-state index < -0.39 is 0 Å². The van der Waals surface area contributed by atoms with Crippen LogP contribution >= 0.6 is 27.5 Å². The van der Waals surface area contributed by atoms with Gasteiger partial charge in [-0.05, 0) is 30.2 Å². The third-order valence-corrected chi connectivity index (χ3v) is 2.57. The normalized spacial score (nSPS) is 9.38. The SMILES string of the molecule is O=C=NCCc1cc(Cl)ccc1Br. The summed E-state index contributed by atoms with van der Waals surface area (Å²) in [5.41, 5.74) is 1.05. The van der Waals surface area contributed by atoms with Crippen LogP contribution in [0.15, 0.2) is 27.7 Å². The van der Waals surface area contributed by atoms with Crippen molar-refractivity contribution in [2.24, 2.45) is 4.99 Å². The molecule has 0 aromatic heterocycles. The van der Waals surface area contributed by atoms with Gasteiger partial charge in [-0.15, -0.1) is 0 Å². The largest absolute Gasteiger partial charge is 0.234 e. The van der Waals surface area contributed by atoms with Gasteiger partial charge in [-0.1, -0.05) is 27.5 Å². The second kappa shape index (κ2) is 5.18. The van der Waals surface area contributed by atoms with E-state index in [9.17, 15) is 4.79 Å². The van der Waals surface area contributed by atoms with E-state index in [1.807, 2.05) is 12.1 Å². The highest BCUT2D eigenvalue weighted by Gasteiger charge is 1.99. The third-order valence-electron chi connectivity index (χ3n) is 1.57. The molecule has 0 aliphatic heterocycles. The summed E-state index contributed by atoms with van der Waals surface area (Å²) in [6.45, 7) is 0.447. The fourth-order valence-electron chi connectivity index (χ4n) is 0.957. The number of hydrogen-bond acceptors (Lipinski definition) is 2. The predicted octanol–water partition coefficient (Wildman–Crippen LogP) is 2.98. The molecule has 0 N–H and O–H groups in total. The smallest absolute Gasteiger partial charge is 0.211 e. The van der Waals surface area contributed by atoms with E-state index in [0.717, 1.165) is 10.0 Å². The minimum Gasteiger partial charge on any atom is -0.211 e. The maximum absolute atomic E-state index is 9.82. The van der Waals surface area contributed by atoms with Gasteiger partial charge in [0.15, 0.2) is 0 Å². The Morgan fingerprint density at radius 2 is 2.31 bits per heavy atom. The third kappa shape index (κ3) is 3.31. The van der Waals surface area contributed by atoms with Crippen molar-refractivity contribution < 1.29 is 4.79 Å². The topological polar surface area (TPSA) is 29.4 Å². The minimum atomic E-state index is 0.447. The predicted molar refractivity (Wildman–Crippen MR) is 55.8 cm³/mol. The van der Waals surface area contributed by atoms with Crippen LogP contribution in [0.4, 0.5) is 0 Å². The molecule has 0 aliphatic rings. The zero-order chi connectivity index (χ0) is 9.68. The summed E-state index contributed by atoms with van der Waals surface area (Å²) in [5.74, 6) is 0. The number of carbonyl (C=O) groups excluding carboxylic acids is 1. The summed E-state index contributed by atoms with van der Waals surface area (Å²) in [6.07, 6.45) is 2.19. The van der Waals surface area contributed by atoms with Crippen LogP contribution in [0, 0.1) is 0 Å². The molecule has 1 rings (SSSR count). The van der Waals surface area contributed by atoms with Crippen molar-refractivity contribution in [3.63, 3.8) is 0 Å². The molecule has 0 amide bonds. The average Bonchev–Trinajstić information content (AvgIpc) is 2.11. The Bertz CT molecular complexity index is 347. The van der Waals surface area contributed by atoms with Crippen molar-refractivity contribution >= 4 is 33.6 Å². The van der Waals surface area contributed by atoms with Crippen molar-refractivity contribution in [3.05, 3.63) is 33.3 Å². The van der Waals surface area contributed by atoms with Gasteiger partial charge in [0.2, 0.25) is 6.08 Å². The van der Waals surface area contributed by atoms with E-state index in [-0.39, 0.29) is 0 Å². The first-order chi connectivity index (χ1) is 6.24. The molecule has 0 unspecified atom stereocenters. The van der Waals surface area contributed by atoms with Crippen molar-refractivity contribution in [2.75, 3.05) is 6.54 Å². The average molecular weight is 261 g/mol. The lowest BCUT2D eigenvalue weighted by Crippen LogP contribution is -1.90. The van der Waals surface area contributed by atoms with Crippen LogP contribution in [-0.4, -0.2) is 12.6 Å². The molecule has 13 heavy (non-hydrogen) atoms. The summed E-state index contributed by atoms with van der Waals surface area (Å²) < 4.78 is 0.984. The van der Waals surface area contributed by atoms with Gasteiger partial charge in [-0.25, -0.2) is 9.79 Å². The lowest BCUT2D eigenvalue weighted by molar-refractivity contribution is 0.563. The van der Waals surface area contributed by atoms with Crippen LogP contribution < -0.4 is 0 Å². The molecule has 0 saturated heterocycles. The van der Waals surface area contributed by atoms with Gasteiger partial charge in [0.05, 0.1) is 6.54 Å². The lowest BCUT2D eigenvalue weighted by atomic mass is 10.1. The Morgan fingerprint density at radius 3 is 3.00 bits per heavy atom. The van der Waals surface area contributed by atoms with Crippen molar-refractivity contribution in [3.8, 4) is 0 Å². The summed E-state index contributed by atoms with van der Waals surface area (Å²) in [7, 11) is 0. The number of rotatable bonds is 3. The highest BCUT2D eigenvalue weighted by molar-refractivity contribution is 9.10. The summed E-state index contributed by atoms with van der Waals surface area (Å²) in [5, 5.41) is 0.688. The van der Waals surface area contributed by atoms with Gasteiger partial charge in [0.25, 0.3) is 0 Å². The Labute approximate surface area is 89.8 Å². The Morgan fingerprint density at radius 1 is 1.54 bits per heavy atom. The van der Waals surface area contributed by atoms with E-state index in [1.54, 1.807) is 6.07 Å². The molecule has 2 nitrogen and oxygen atoms in total. The zero-order valence-electron chi connectivity index (χ0n) is 6.76. The van der Waals surface area contributed by atoms with Gasteiger partial charge in [-0.2, -0.15) is 0 Å². The van der Waals surface area contributed by atoms with Gasteiger partial charge >= 0.3 is 0 Å². The first-order valence-corrected chi connectivity index (χ1v) is 4.88. The summed E-state index contributed by atoms with van der Waals surface area (Å²) >= 11 is 9.18. The molecule has 0 bridgehead atoms. The van der Waals surface area contributed by atoms with Crippen LogP contribution in [0.2, 0.25) is 5.02 Å². The molecule has 0 aliphatic carbocycles. The molecule has 0 heterocycles. The fourth-order valence-corrected chi connectivity index (χ4v) is 1.60. The number of nitrogens with zero attached hydrogens (tertiary/aromatic N) is 1. The first kappa shape index (κ1) is 10.5. The van der Waals surface area contributed by atoms with Crippen molar-refractivity contribution in [2.45, 2.75) is 6.42 Å². The number of hydrogen-bond donors (Lipinski definition) is 0. The van der Waals surface area contributed by atoms with Crippen LogP contribution in [-0.2, 0) is 11.2 Å². The quantitative estimate of drug-likeness (QED) is 0.607. The number of aliphatic imine (C=N–C) groups is 1. The van der Waals surface area contributed by atoms with Crippen LogP contribution in [0.5, 0.6) is 0 Å². The van der Waals surface area contributed by atoms with Gasteiger partial charge < -0.3 is 0 Å². The maximum atomic E-state index is 9.82. The Hall–Kier alpha value is -0.630. The van der Waals surface area contributed by atoms with Gasteiger partial charge in [0.1, 0.15) is 0 Å². The fraction of sp³-hybridized carbons (Fsp3) is 0.222. The van der Waals surface area contributed by atoms with Crippen molar-refractivity contribution in [1.29, 1.82) is 0 Å². The molecule has 4 heteroatoms. The molecule has 0 atom stereocenters. The first-order valence-electron chi connectivity index (χ1n) is 3.71. The molecule has 1 aromatic rings. The molecule has 0 saturated carbocycles. The monoisotopic (exact) mass is 259 g/mol. The molecular formula is C9H7BrClNO. The summed E-state index contributed by atoms with van der Waals surface area (Å²) in [4.78, 5) is 13.3. The van der Waals surface area contributed by atoms with E-state index in [1.165, 1.54) is 6.08 Å². The van der Waals surface area contributed by atoms with E-state index in [0.29, 0.717) is 18.0 Å². The molecule has 0 radical (unpaired) electrons. The highest BCUT2D eigenvalue weighted by Crippen LogP contribution is 2.21.